The summed E-state index contributed by atoms with van der Waals surface area (Å²) in [5.41, 5.74) is 0. The van der Waals surface area contributed by atoms with Crippen molar-refractivity contribution in [3.63, 3.8) is 0 Å². The number of aliphatic carboxylic acids is 3. The molecule has 1 atom stereocenters. The first-order valence-corrected chi connectivity index (χ1v) is 9.96. The van der Waals surface area contributed by atoms with Crippen LogP contribution in [0.4, 0.5) is 0 Å². The van der Waals surface area contributed by atoms with Crippen LogP contribution in [0.25, 0.3) is 0 Å². The minimum absolute atomic E-state index is 0.196. The number of hydrogen-bond acceptors (Lipinski definition) is 9. The van der Waals surface area contributed by atoms with Crippen molar-refractivity contribution in [2.45, 2.75) is 6.55 Å². The summed E-state index contributed by atoms with van der Waals surface area (Å²) in [6, 6.07) is 0. The number of carbonyl (C=O) groups excluding carboxylic acids is 3. The minimum Gasteiger partial charge on any atom is -0.478 e. The monoisotopic (exact) mass is 430 g/mol. The fourth-order valence-corrected chi connectivity index (χ4v) is 5.86. The summed E-state index contributed by atoms with van der Waals surface area (Å²) in [6.07, 6.45) is 0.987. The van der Waals surface area contributed by atoms with E-state index < -0.39 is 59.5 Å². The number of methoxy groups -OCH3 is 3. The summed E-state index contributed by atoms with van der Waals surface area (Å²) in [7, 11) is -1.93. The lowest BCUT2D eigenvalue weighted by molar-refractivity contribution is -0.138. The Morgan fingerprint density at radius 2 is 1.03 bits per heavy atom. The second kappa shape index (κ2) is 10.6. The van der Waals surface area contributed by atoms with Crippen LogP contribution in [0, 0.1) is 0 Å². The Kier molecular flexibility index (Phi) is 9.19. The van der Waals surface area contributed by atoms with Crippen molar-refractivity contribution in [2.75, 3.05) is 21.3 Å². The molecule has 0 aromatic rings. The van der Waals surface area contributed by atoms with Gasteiger partial charge in [-0.05, 0) is 0 Å². The summed E-state index contributed by atoms with van der Waals surface area (Å²) >= 11 is 0. The molecule has 0 radical (unpaired) electrons. The van der Waals surface area contributed by atoms with Gasteiger partial charge in [-0.3, -0.25) is 0 Å². The first-order chi connectivity index (χ1) is 13.4. The summed E-state index contributed by atoms with van der Waals surface area (Å²) in [5.74, 6) is -9.17. The molecule has 0 aromatic carbocycles. The van der Waals surface area contributed by atoms with Crippen LogP contribution in [0.1, 0.15) is 0 Å². The SMILES string of the molecule is COC(=O)/C=C(/C(=O)OC)[Si](C)(/C(=C\C(=O)O)C(=O)O)/C(=C\C(=O)O)C(=O)OC. The van der Waals surface area contributed by atoms with Gasteiger partial charge in [0.1, 0.15) is 0 Å². The maximum absolute atomic E-state index is 12.4. The third kappa shape index (κ3) is 6.13. The van der Waals surface area contributed by atoms with Crippen molar-refractivity contribution in [2.24, 2.45) is 0 Å². The van der Waals surface area contributed by atoms with Crippen LogP contribution < -0.4 is 0 Å². The molecule has 0 amide bonds. The average molecular weight is 430 g/mol. The highest BCUT2D eigenvalue weighted by Crippen LogP contribution is 2.33. The molecule has 0 bridgehead atoms. The van der Waals surface area contributed by atoms with Gasteiger partial charge in [0.2, 0.25) is 0 Å². The van der Waals surface area contributed by atoms with E-state index in [2.05, 4.69) is 14.2 Å². The summed E-state index contributed by atoms with van der Waals surface area (Å²) in [4.78, 5) is 70.7. The molecule has 0 aliphatic rings. The first kappa shape index (κ1) is 25.3. The third-order valence-electron chi connectivity index (χ3n) is 3.66. The third-order valence-corrected chi connectivity index (χ3v) is 7.94. The van der Waals surface area contributed by atoms with E-state index in [4.69, 9.17) is 10.2 Å². The Morgan fingerprint density at radius 1 is 0.655 bits per heavy atom. The molecule has 3 N–H and O–H groups in total. The molecule has 0 fully saturated rings. The zero-order valence-electron chi connectivity index (χ0n) is 15.7. The molecule has 158 valence electrons. The van der Waals surface area contributed by atoms with Gasteiger partial charge in [0, 0.05) is 33.8 Å². The molecule has 0 rings (SSSR count). The molecule has 29 heavy (non-hydrogen) atoms. The molecule has 0 saturated heterocycles. The minimum atomic E-state index is -4.60. The molecule has 13 heteroatoms. The molecule has 0 aliphatic heterocycles. The van der Waals surface area contributed by atoms with Crippen LogP contribution in [0.5, 0.6) is 0 Å². The van der Waals surface area contributed by atoms with Crippen LogP contribution in [0.3, 0.4) is 0 Å². The van der Waals surface area contributed by atoms with Crippen molar-refractivity contribution >= 4 is 43.9 Å². The van der Waals surface area contributed by atoms with Crippen LogP contribution in [0.2, 0.25) is 6.55 Å². The molecule has 0 spiro atoms. The van der Waals surface area contributed by atoms with Gasteiger partial charge in [0.25, 0.3) is 0 Å². The molecular weight excluding hydrogens is 412 g/mol. The molecule has 1 unspecified atom stereocenters. The van der Waals surface area contributed by atoms with Crippen molar-refractivity contribution in [1.29, 1.82) is 0 Å². The molecule has 0 aromatic heterocycles. The topological polar surface area (TPSA) is 191 Å². The lowest BCUT2D eigenvalue weighted by atomic mass is 10.4. The normalized spacial score (nSPS) is 14.3. The van der Waals surface area contributed by atoms with Crippen molar-refractivity contribution < 1.29 is 58.3 Å². The summed E-state index contributed by atoms with van der Waals surface area (Å²) < 4.78 is 13.4. The standard InChI is InChI=1S/C16H18O12Si/c1-26-13(21)7-10(16(25)28-3)29(4,8(14(22)23)5-11(17)18)9(6-12(19)20)15(24)27-2/h5-7H,1-4H3,(H,17,18)(H,19,20)(H,22,23)/b8-5-,9-6-,10-7-. The zero-order chi connectivity index (χ0) is 22.9. The Labute approximate surface area is 164 Å². The fourth-order valence-electron chi connectivity index (χ4n) is 2.31. The Balaban J connectivity index is 7.61. The van der Waals surface area contributed by atoms with E-state index in [1.54, 1.807) is 0 Å². The fraction of sp³-hybridized carbons (Fsp3) is 0.250. The van der Waals surface area contributed by atoms with Crippen molar-refractivity contribution in [1.82, 2.24) is 0 Å². The predicted octanol–water partition coefficient (Wildman–Crippen LogP) is -0.765. The predicted molar refractivity (Wildman–Crippen MR) is 94.8 cm³/mol. The van der Waals surface area contributed by atoms with E-state index in [1.807, 2.05) is 0 Å². The van der Waals surface area contributed by atoms with Crippen molar-refractivity contribution in [3.05, 3.63) is 33.8 Å². The van der Waals surface area contributed by atoms with Gasteiger partial charge in [-0.15, -0.1) is 0 Å². The quantitative estimate of drug-likeness (QED) is 0.179. The largest absolute Gasteiger partial charge is 0.478 e. The van der Waals surface area contributed by atoms with Gasteiger partial charge < -0.3 is 29.5 Å². The second-order valence-electron chi connectivity index (χ2n) is 5.29. The van der Waals surface area contributed by atoms with Crippen LogP contribution in [-0.2, 0) is 43.0 Å². The lowest BCUT2D eigenvalue weighted by Crippen LogP contribution is -2.49. The van der Waals surface area contributed by atoms with Crippen molar-refractivity contribution in [3.8, 4) is 0 Å². The maximum Gasteiger partial charge on any atom is 0.330 e. The zero-order valence-corrected chi connectivity index (χ0v) is 16.7. The van der Waals surface area contributed by atoms with Gasteiger partial charge in [-0.25, -0.2) is 28.8 Å². The molecule has 0 saturated carbocycles. The highest BCUT2D eigenvalue weighted by molar-refractivity contribution is 7.05. The van der Waals surface area contributed by atoms with Gasteiger partial charge in [0.15, 0.2) is 8.07 Å². The van der Waals surface area contributed by atoms with Gasteiger partial charge in [0.05, 0.1) is 21.3 Å². The van der Waals surface area contributed by atoms with E-state index >= 15 is 0 Å². The number of carboxylic acid groups (broad SMARTS) is 3. The van der Waals surface area contributed by atoms with E-state index in [9.17, 15) is 33.9 Å². The molecule has 0 aliphatic carbocycles. The van der Waals surface area contributed by atoms with Gasteiger partial charge in [-0.1, -0.05) is 6.55 Å². The molecule has 0 heterocycles. The number of carboxylic acids is 3. The number of esters is 3. The van der Waals surface area contributed by atoms with Crippen LogP contribution >= 0.6 is 0 Å². The summed E-state index contributed by atoms with van der Waals surface area (Å²) in [6.45, 7) is 0.979. The lowest BCUT2D eigenvalue weighted by Gasteiger charge is -2.30. The van der Waals surface area contributed by atoms with Crippen LogP contribution in [0.15, 0.2) is 33.8 Å². The molecule has 12 nitrogen and oxygen atoms in total. The van der Waals surface area contributed by atoms with Crippen LogP contribution in [-0.4, -0.2) is 80.5 Å². The van der Waals surface area contributed by atoms with Gasteiger partial charge in [-0.2, -0.15) is 0 Å². The summed E-state index contributed by atoms with van der Waals surface area (Å²) in [5, 5.41) is 25.2. The first-order valence-electron chi connectivity index (χ1n) is 7.46. The van der Waals surface area contributed by atoms with E-state index in [-0.39, 0.29) is 12.2 Å². The highest BCUT2D eigenvalue weighted by atomic mass is 28.3. The van der Waals surface area contributed by atoms with E-state index in [1.165, 1.54) is 0 Å². The second-order valence-corrected chi connectivity index (χ2v) is 9.15. The number of hydrogen-bond donors (Lipinski definition) is 3. The average Bonchev–Trinajstić information content (AvgIpc) is 2.65. The number of rotatable bonds is 9. The number of carbonyl (C=O) groups is 6. The van der Waals surface area contributed by atoms with Gasteiger partial charge >= 0.3 is 35.8 Å². The Hall–Kier alpha value is -3.74. The smallest absolute Gasteiger partial charge is 0.330 e. The number of ether oxygens (including phenoxy) is 3. The highest BCUT2D eigenvalue weighted by Gasteiger charge is 2.50. The molecular formula is C16H18O12Si. The Bertz CT molecular complexity index is 835. The van der Waals surface area contributed by atoms with E-state index in [0.29, 0.717) is 6.08 Å². The van der Waals surface area contributed by atoms with E-state index in [0.717, 1.165) is 27.9 Å². The Morgan fingerprint density at radius 3 is 1.34 bits per heavy atom. The maximum atomic E-state index is 12.4.